The summed E-state index contributed by atoms with van der Waals surface area (Å²) in [5, 5.41) is 3.74. The van der Waals surface area contributed by atoms with Crippen LogP contribution in [0, 0.1) is 17.8 Å². The number of hydrogen-bond acceptors (Lipinski definition) is 6. The Morgan fingerprint density at radius 3 is 2.53 bits per heavy atom. The molecular formula is C27H26FN3O5. The van der Waals surface area contributed by atoms with Gasteiger partial charge in [-0.15, -0.1) is 0 Å². The first-order valence-electron chi connectivity index (χ1n) is 11.4. The first-order valence-corrected chi connectivity index (χ1v) is 11.4. The van der Waals surface area contributed by atoms with E-state index < -0.39 is 29.9 Å². The van der Waals surface area contributed by atoms with Crippen molar-refractivity contribution in [2.24, 2.45) is 11.7 Å². The van der Waals surface area contributed by atoms with Crippen LogP contribution in [-0.4, -0.2) is 49.8 Å². The SMILES string of the molecule is CC[C@@H]1[C@H](F)C(=O)N[C@@H]1COc1ncc(C#Cc2ccccc2OC)c2cc(C(N)=O)c(OC)cc12. The fraction of sp³-hybridized carbons (Fsp3) is 0.296. The summed E-state index contributed by atoms with van der Waals surface area (Å²) in [7, 11) is 2.99. The van der Waals surface area contributed by atoms with Gasteiger partial charge in [0.25, 0.3) is 11.8 Å². The molecule has 1 aromatic heterocycles. The van der Waals surface area contributed by atoms with Crippen molar-refractivity contribution in [3.63, 3.8) is 0 Å². The van der Waals surface area contributed by atoms with E-state index in [2.05, 4.69) is 22.1 Å². The molecule has 1 aliphatic heterocycles. The number of benzene rings is 2. The first-order chi connectivity index (χ1) is 17.4. The van der Waals surface area contributed by atoms with E-state index in [9.17, 15) is 14.0 Å². The second-order valence-corrected chi connectivity index (χ2v) is 8.29. The molecule has 2 heterocycles. The number of carbonyl (C=O) groups is 2. The third-order valence-electron chi connectivity index (χ3n) is 6.22. The van der Waals surface area contributed by atoms with Gasteiger partial charge in [-0.1, -0.05) is 30.9 Å². The van der Waals surface area contributed by atoms with Gasteiger partial charge in [-0.2, -0.15) is 0 Å². The van der Waals surface area contributed by atoms with Gasteiger partial charge in [0.1, 0.15) is 18.1 Å². The Bertz CT molecular complexity index is 1380. The second-order valence-electron chi connectivity index (χ2n) is 8.29. The maximum Gasteiger partial charge on any atom is 0.255 e. The highest BCUT2D eigenvalue weighted by Crippen LogP contribution is 2.33. The Morgan fingerprint density at radius 2 is 1.83 bits per heavy atom. The molecule has 3 atom stereocenters. The molecule has 3 N–H and O–H groups in total. The van der Waals surface area contributed by atoms with Crippen LogP contribution in [0.5, 0.6) is 17.4 Å². The fourth-order valence-electron chi connectivity index (χ4n) is 4.29. The predicted molar refractivity (Wildman–Crippen MR) is 132 cm³/mol. The van der Waals surface area contributed by atoms with Gasteiger partial charge in [-0.05, 0) is 30.7 Å². The van der Waals surface area contributed by atoms with E-state index in [4.69, 9.17) is 19.9 Å². The molecule has 1 saturated heterocycles. The number of methoxy groups -OCH3 is 2. The van der Waals surface area contributed by atoms with E-state index in [0.29, 0.717) is 34.1 Å². The summed E-state index contributed by atoms with van der Waals surface area (Å²) in [5.74, 6) is 5.47. The molecule has 1 fully saturated rings. The van der Waals surface area contributed by atoms with E-state index in [0.717, 1.165) is 0 Å². The molecule has 8 nitrogen and oxygen atoms in total. The molecule has 186 valence electrons. The summed E-state index contributed by atoms with van der Waals surface area (Å²) >= 11 is 0. The molecule has 2 aromatic carbocycles. The molecule has 0 bridgehead atoms. The van der Waals surface area contributed by atoms with Crippen LogP contribution in [0.15, 0.2) is 42.6 Å². The van der Waals surface area contributed by atoms with Gasteiger partial charge in [-0.3, -0.25) is 9.59 Å². The largest absolute Gasteiger partial charge is 0.496 e. The molecule has 3 aromatic rings. The molecule has 2 amide bonds. The average molecular weight is 492 g/mol. The minimum absolute atomic E-state index is 0.0267. The molecule has 36 heavy (non-hydrogen) atoms. The lowest BCUT2D eigenvalue weighted by Gasteiger charge is -2.19. The van der Waals surface area contributed by atoms with Gasteiger partial charge in [-0.25, -0.2) is 9.37 Å². The number of hydrogen-bond donors (Lipinski definition) is 2. The summed E-state index contributed by atoms with van der Waals surface area (Å²) in [5.41, 5.74) is 6.96. The van der Waals surface area contributed by atoms with E-state index in [1.165, 1.54) is 13.3 Å². The molecule has 9 heteroatoms. The molecule has 1 aliphatic rings. The smallest absolute Gasteiger partial charge is 0.255 e. The summed E-state index contributed by atoms with van der Waals surface area (Å²) in [4.78, 5) is 28.3. The molecule has 0 spiro atoms. The van der Waals surface area contributed by atoms with Gasteiger partial charge in [0.05, 0.1) is 37.0 Å². The van der Waals surface area contributed by atoms with Crippen molar-refractivity contribution in [3.05, 3.63) is 59.3 Å². The number of ether oxygens (including phenoxy) is 3. The van der Waals surface area contributed by atoms with Crippen LogP contribution in [0.3, 0.4) is 0 Å². The fourth-order valence-corrected chi connectivity index (χ4v) is 4.29. The zero-order valence-electron chi connectivity index (χ0n) is 20.1. The quantitative estimate of drug-likeness (QED) is 0.492. The third kappa shape index (κ3) is 4.75. The van der Waals surface area contributed by atoms with E-state index in [-0.39, 0.29) is 23.8 Å². The Balaban J connectivity index is 1.77. The number of rotatable bonds is 7. The molecule has 0 saturated carbocycles. The van der Waals surface area contributed by atoms with E-state index >= 15 is 0 Å². The lowest BCUT2D eigenvalue weighted by molar-refractivity contribution is -0.123. The van der Waals surface area contributed by atoms with Gasteiger partial charge >= 0.3 is 0 Å². The first kappa shape index (κ1) is 24.8. The highest BCUT2D eigenvalue weighted by molar-refractivity contribution is 6.03. The predicted octanol–water partition coefficient (Wildman–Crippen LogP) is 2.99. The number of carbonyl (C=O) groups excluding carboxylic acids is 2. The number of fused-ring (bicyclic) bond motifs is 1. The van der Waals surface area contributed by atoms with Crippen molar-refractivity contribution in [2.75, 3.05) is 20.8 Å². The maximum atomic E-state index is 14.2. The van der Waals surface area contributed by atoms with Crippen molar-refractivity contribution in [1.82, 2.24) is 10.3 Å². The zero-order valence-corrected chi connectivity index (χ0v) is 20.1. The molecule has 0 unspecified atom stereocenters. The number of aromatic nitrogens is 1. The van der Waals surface area contributed by atoms with Crippen molar-refractivity contribution in [2.45, 2.75) is 25.6 Å². The Labute approximate surface area is 207 Å². The van der Waals surface area contributed by atoms with E-state index in [1.54, 1.807) is 25.3 Å². The van der Waals surface area contributed by atoms with Crippen LogP contribution in [0.4, 0.5) is 4.39 Å². The standard InChI is InChI=1S/C27H26FN3O5/c1-4-17-21(31-26(33)24(17)28)14-36-27-19-12-23(35-3)20(25(29)32)11-18(19)16(13-30-27)10-9-15-7-5-6-8-22(15)34-2/h5-8,11-13,17,21,24H,4,14H2,1-3H3,(H2,29,32)(H,31,33)/t17-,21+,24-/m0/s1. The van der Waals surface area contributed by atoms with Crippen molar-refractivity contribution < 1.29 is 28.2 Å². The molecule has 4 rings (SSSR count). The zero-order chi connectivity index (χ0) is 25.8. The van der Waals surface area contributed by atoms with Crippen LogP contribution in [0.2, 0.25) is 0 Å². The van der Waals surface area contributed by atoms with Crippen LogP contribution in [0.1, 0.15) is 34.8 Å². The van der Waals surface area contributed by atoms with Crippen LogP contribution in [0.25, 0.3) is 10.8 Å². The number of nitrogens with two attached hydrogens (primary N) is 1. The number of nitrogens with zero attached hydrogens (tertiary/aromatic N) is 1. The molecule has 0 radical (unpaired) electrons. The van der Waals surface area contributed by atoms with Crippen molar-refractivity contribution >= 4 is 22.6 Å². The second kappa shape index (κ2) is 10.5. The average Bonchev–Trinajstić information content (AvgIpc) is 3.17. The van der Waals surface area contributed by atoms with Crippen LogP contribution >= 0.6 is 0 Å². The number of amides is 2. The summed E-state index contributed by atoms with van der Waals surface area (Å²) in [6, 6.07) is 10.0. The Morgan fingerprint density at radius 1 is 1.11 bits per heavy atom. The molecule has 0 aliphatic carbocycles. The number of para-hydroxylation sites is 1. The van der Waals surface area contributed by atoms with Gasteiger partial charge in [0.2, 0.25) is 5.88 Å². The summed E-state index contributed by atoms with van der Waals surface area (Å²) in [6.45, 7) is 1.85. The topological polar surface area (TPSA) is 113 Å². The number of halogens is 1. The number of primary amides is 1. The monoisotopic (exact) mass is 491 g/mol. The summed E-state index contributed by atoms with van der Waals surface area (Å²) < 4.78 is 30.9. The lowest BCUT2D eigenvalue weighted by Crippen LogP contribution is -2.34. The number of alkyl halides is 1. The molecular weight excluding hydrogens is 465 g/mol. The van der Waals surface area contributed by atoms with Crippen molar-refractivity contribution in [1.29, 1.82) is 0 Å². The van der Waals surface area contributed by atoms with Crippen LogP contribution < -0.4 is 25.3 Å². The highest BCUT2D eigenvalue weighted by atomic mass is 19.1. The van der Waals surface area contributed by atoms with Gasteiger partial charge in [0, 0.05) is 22.9 Å². The minimum Gasteiger partial charge on any atom is -0.496 e. The van der Waals surface area contributed by atoms with Gasteiger partial charge in [0.15, 0.2) is 6.17 Å². The number of nitrogens with one attached hydrogen (secondary N) is 1. The van der Waals surface area contributed by atoms with Crippen LogP contribution in [-0.2, 0) is 4.79 Å². The third-order valence-corrected chi connectivity index (χ3v) is 6.22. The maximum absolute atomic E-state index is 14.2. The summed E-state index contributed by atoms with van der Waals surface area (Å²) in [6.07, 6.45) is 0.439. The van der Waals surface area contributed by atoms with Gasteiger partial charge < -0.3 is 25.3 Å². The Hall–Kier alpha value is -4.32. The highest BCUT2D eigenvalue weighted by Gasteiger charge is 2.41. The number of pyridine rings is 1. The lowest BCUT2D eigenvalue weighted by atomic mass is 9.97. The Kier molecular flexibility index (Phi) is 7.25. The normalized spacial score (nSPS) is 18.8. The minimum atomic E-state index is -1.57. The van der Waals surface area contributed by atoms with E-state index in [1.807, 2.05) is 25.1 Å². The van der Waals surface area contributed by atoms with Crippen molar-refractivity contribution in [3.8, 4) is 29.2 Å².